The number of halogens is 1. The summed E-state index contributed by atoms with van der Waals surface area (Å²) in [6.45, 7) is 0. The van der Waals surface area contributed by atoms with E-state index >= 15 is 0 Å². The number of nitrogens with one attached hydrogen (secondary N) is 3. The number of rotatable bonds is 6. The van der Waals surface area contributed by atoms with E-state index in [0.29, 0.717) is 11.4 Å². The third kappa shape index (κ3) is 5.01. The third-order valence-electron chi connectivity index (χ3n) is 4.44. The van der Waals surface area contributed by atoms with Crippen molar-refractivity contribution in [1.29, 1.82) is 0 Å². The van der Waals surface area contributed by atoms with Gasteiger partial charge in [0.05, 0.1) is 10.6 Å². The molecule has 0 spiro atoms. The molecule has 3 aromatic carbocycles. The number of sulfonamides is 1. The van der Waals surface area contributed by atoms with Gasteiger partial charge in [0, 0.05) is 33.2 Å². The lowest BCUT2D eigenvalue weighted by atomic mass is 10.1. The molecule has 0 unspecified atom stereocenters. The summed E-state index contributed by atoms with van der Waals surface area (Å²) in [4.78, 5) is 12.7. The highest BCUT2D eigenvalue weighted by atomic mass is 79.9. The molecular weight excluding hydrogens is 480 g/mol. The summed E-state index contributed by atoms with van der Waals surface area (Å²) in [6, 6.07) is 21.7. The molecule has 0 radical (unpaired) electrons. The van der Waals surface area contributed by atoms with E-state index in [1.165, 1.54) is 18.2 Å². The second-order valence-electron chi connectivity index (χ2n) is 6.65. The number of H-pyrrole nitrogens is 1. The van der Waals surface area contributed by atoms with Crippen molar-refractivity contribution in [2.45, 2.75) is 4.90 Å². The fourth-order valence-corrected chi connectivity index (χ4v) is 4.29. The zero-order chi connectivity index (χ0) is 21.8. The van der Waals surface area contributed by atoms with Crippen LogP contribution in [0.4, 0.5) is 11.4 Å². The third-order valence-corrected chi connectivity index (χ3v) is 6.34. The molecule has 0 aliphatic rings. The van der Waals surface area contributed by atoms with Crippen LogP contribution in [0.25, 0.3) is 11.3 Å². The smallest absolute Gasteiger partial charge is 0.261 e. The van der Waals surface area contributed by atoms with Gasteiger partial charge in [-0.3, -0.25) is 14.6 Å². The highest BCUT2D eigenvalue weighted by molar-refractivity contribution is 9.10. The summed E-state index contributed by atoms with van der Waals surface area (Å²) in [5, 5.41) is 9.60. The number of hydrogen-bond acceptors (Lipinski definition) is 4. The van der Waals surface area contributed by atoms with E-state index < -0.39 is 15.9 Å². The molecule has 4 aromatic rings. The fourth-order valence-electron chi connectivity index (χ4n) is 2.92. The van der Waals surface area contributed by atoms with Crippen molar-refractivity contribution in [3.05, 3.63) is 95.1 Å². The zero-order valence-corrected chi connectivity index (χ0v) is 18.4. The van der Waals surface area contributed by atoms with E-state index in [2.05, 4.69) is 36.2 Å². The number of aromatic amines is 1. The summed E-state index contributed by atoms with van der Waals surface area (Å²) in [6.07, 6.45) is 1.65. The monoisotopic (exact) mass is 496 g/mol. The molecule has 0 aliphatic heterocycles. The van der Waals surface area contributed by atoms with Gasteiger partial charge in [0.15, 0.2) is 0 Å². The number of carbonyl (C=O) groups is 1. The van der Waals surface area contributed by atoms with Gasteiger partial charge < -0.3 is 5.32 Å². The van der Waals surface area contributed by atoms with Crippen LogP contribution in [0.3, 0.4) is 0 Å². The average molecular weight is 497 g/mol. The first kappa shape index (κ1) is 20.8. The summed E-state index contributed by atoms with van der Waals surface area (Å²) >= 11 is 3.31. The van der Waals surface area contributed by atoms with Crippen molar-refractivity contribution < 1.29 is 13.2 Å². The topological polar surface area (TPSA) is 104 Å². The number of carbonyl (C=O) groups excluding carboxylic acids is 1. The molecule has 1 amide bonds. The van der Waals surface area contributed by atoms with Crippen molar-refractivity contribution in [2.75, 3.05) is 10.0 Å². The van der Waals surface area contributed by atoms with Gasteiger partial charge in [0.2, 0.25) is 0 Å². The highest BCUT2D eigenvalue weighted by Crippen LogP contribution is 2.22. The van der Waals surface area contributed by atoms with Crippen LogP contribution in [0.2, 0.25) is 0 Å². The molecule has 0 saturated carbocycles. The minimum Gasteiger partial charge on any atom is -0.322 e. The molecular formula is C22H17BrN4O3S. The van der Waals surface area contributed by atoms with E-state index in [0.717, 1.165) is 15.7 Å². The quantitative estimate of drug-likeness (QED) is 0.353. The standard InChI is InChI=1S/C22H17BrN4O3S/c23-17-7-9-18(10-8-17)27-31(29,30)20-6-2-4-16(14-20)22(28)25-19-5-1-3-15(13-19)21-11-12-24-26-21/h1-14,27H,(H,24,26)(H,25,28). The number of aromatic nitrogens is 2. The number of anilines is 2. The number of nitrogens with zero attached hydrogens (tertiary/aromatic N) is 1. The van der Waals surface area contributed by atoms with Crippen LogP contribution < -0.4 is 10.0 Å². The molecule has 0 atom stereocenters. The maximum Gasteiger partial charge on any atom is 0.261 e. The van der Waals surface area contributed by atoms with Crippen LogP contribution in [0, 0.1) is 0 Å². The number of hydrogen-bond donors (Lipinski definition) is 3. The summed E-state index contributed by atoms with van der Waals surface area (Å²) in [5.74, 6) is -0.414. The Morgan fingerprint density at radius 3 is 2.42 bits per heavy atom. The van der Waals surface area contributed by atoms with Crippen molar-refractivity contribution in [3.8, 4) is 11.3 Å². The van der Waals surface area contributed by atoms with Gasteiger partial charge in [-0.1, -0.05) is 34.1 Å². The SMILES string of the molecule is O=C(Nc1cccc(-c2ccn[nH]2)c1)c1cccc(S(=O)(=O)Nc2ccc(Br)cc2)c1. The Kier molecular flexibility index (Phi) is 5.88. The lowest BCUT2D eigenvalue weighted by Crippen LogP contribution is -2.16. The molecule has 1 heterocycles. The van der Waals surface area contributed by atoms with Gasteiger partial charge in [-0.05, 0) is 60.7 Å². The van der Waals surface area contributed by atoms with Crippen molar-refractivity contribution in [2.24, 2.45) is 0 Å². The van der Waals surface area contributed by atoms with Gasteiger partial charge in [-0.15, -0.1) is 0 Å². The fraction of sp³-hybridized carbons (Fsp3) is 0. The zero-order valence-electron chi connectivity index (χ0n) is 16.0. The molecule has 156 valence electrons. The van der Waals surface area contributed by atoms with E-state index in [4.69, 9.17) is 0 Å². The summed E-state index contributed by atoms with van der Waals surface area (Å²) in [5.41, 5.74) is 2.92. The molecule has 31 heavy (non-hydrogen) atoms. The predicted octanol–water partition coefficient (Wildman–Crippen LogP) is 4.89. The molecule has 1 aromatic heterocycles. The maximum absolute atomic E-state index is 12.7. The second kappa shape index (κ2) is 8.75. The van der Waals surface area contributed by atoms with Crippen LogP contribution in [-0.4, -0.2) is 24.5 Å². The largest absolute Gasteiger partial charge is 0.322 e. The second-order valence-corrected chi connectivity index (χ2v) is 9.24. The van der Waals surface area contributed by atoms with Crippen LogP contribution in [0.5, 0.6) is 0 Å². The molecule has 0 saturated heterocycles. The number of benzene rings is 3. The van der Waals surface area contributed by atoms with Gasteiger partial charge in [-0.2, -0.15) is 5.10 Å². The van der Waals surface area contributed by atoms with E-state index in [9.17, 15) is 13.2 Å². The average Bonchev–Trinajstić information content (AvgIpc) is 3.31. The minimum atomic E-state index is -3.85. The lowest BCUT2D eigenvalue weighted by Gasteiger charge is -2.10. The Hall–Kier alpha value is -3.43. The predicted molar refractivity (Wildman–Crippen MR) is 123 cm³/mol. The van der Waals surface area contributed by atoms with Crippen molar-refractivity contribution >= 4 is 43.2 Å². The van der Waals surface area contributed by atoms with Gasteiger partial charge in [-0.25, -0.2) is 8.42 Å². The Morgan fingerprint density at radius 2 is 1.68 bits per heavy atom. The normalized spacial score (nSPS) is 11.1. The molecule has 9 heteroatoms. The first-order valence-electron chi connectivity index (χ1n) is 9.20. The molecule has 3 N–H and O–H groups in total. The first-order chi connectivity index (χ1) is 14.9. The van der Waals surface area contributed by atoms with E-state index in [1.54, 1.807) is 48.7 Å². The van der Waals surface area contributed by atoms with Crippen LogP contribution in [-0.2, 0) is 10.0 Å². The first-order valence-corrected chi connectivity index (χ1v) is 11.5. The Bertz CT molecular complexity index is 1320. The highest BCUT2D eigenvalue weighted by Gasteiger charge is 2.17. The Morgan fingerprint density at radius 1 is 0.903 bits per heavy atom. The molecule has 0 bridgehead atoms. The van der Waals surface area contributed by atoms with E-state index in [1.807, 2.05) is 18.2 Å². The summed E-state index contributed by atoms with van der Waals surface area (Å²) in [7, 11) is -3.85. The Labute approximate surface area is 187 Å². The molecule has 0 aliphatic carbocycles. The maximum atomic E-state index is 12.7. The molecule has 0 fully saturated rings. The van der Waals surface area contributed by atoms with Gasteiger partial charge in [0.25, 0.3) is 15.9 Å². The van der Waals surface area contributed by atoms with Crippen molar-refractivity contribution in [3.63, 3.8) is 0 Å². The Balaban J connectivity index is 1.53. The minimum absolute atomic E-state index is 0.00530. The molecule has 4 rings (SSSR count). The van der Waals surface area contributed by atoms with Gasteiger partial charge >= 0.3 is 0 Å². The van der Waals surface area contributed by atoms with Gasteiger partial charge in [0.1, 0.15) is 0 Å². The lowest BCUT2D eigenvalue weighted by molar-refractivity contribution is 0.102. The van der Waals surface area contributed by atoms with Crippen LogP contribution in [0.15, 0.2) is 94.4 Å². The summed E-state index contributed by atoms with van der Waals surface area (Å²) < 4.78 is 28.8. The van der Waals surface area contributed by atoms with Crippen molar-refractivity contribution in [1.82, 2.24) is 10.2 Å². The van der Waals surface area contributed by atoms with Crippen LogP contribution >= 0.6 is 15.9 Å². The molecule has 7 nitrogen and oxygen atoms in total. The van der Waals surface area contributed by atoms with E-state index in [-0.39, 0.29) is 10.5 Å². The number of amides is 1. The van der Waals surface area contributed by atoms with Crippen LogP contribution in [0.1, 0.15) is 10.4 Å².